The van der Waals surface area contributed by atoms with Gasteiger partial charge in [0.1, 0.15) is 5.70 Å². The van der Waals surface area contributed by atoms with E-state index in [1.165, 1.54) is 44.2 Å². The molecular weight excluding hydrogens is 619 g/mol. The number of benzene rings is 4. The summed E-state index contributed by atoms with van der Waals surface area (Å²) in [6.45, 7) is 1.63. The Bertz CT molecular complexity index is 1730. The Morgan fingerprint density at radius 2 is 1.50 bits per heavy atom. The van der Waals surface area contributed by atoms with Crippen LogP contribution in [-0.4, -0.2) is 37.2 Å². The molecule has 0 aliphatic heterocycles. The fourth-order valence-electron chi connectivity index (χ4n) is 4.21. The third-order valence-electron chi connectivity index (χ3n) is 6.51. The Hall–Kier alpha value is -5.23. The fraction of sp³-hybridized carbons (Fsp3) is 0.147. The number of amides is 3. The van der Waals surface area contributed by atoms with Crippen molar-refractivity contribution in [1.29, 1.82) is 0 Å². The molecule has 0 bridgehead atoms. The van der Waals surface area contributed by atoms with Gasteiger partial charge in [-0.3, -0.25) is 14.4 Å². The van der Waals surface area contributed by atoms with Crippen LogP contribution in [0.5, 0.6) is 11.5 Å². The van der Waals surface area contributed by atoms with Crippen LogP contribution in [0.4, 0.5) is 24.5 Å². The van der Waals surface area contributed by atoms with Gasteiger partial charge in [-0.2, -0.15) is 13.2 Å². The van der Waals surface area contributed by atoms with E-state index in [0.29, 0.717) is 33.2 Å². The number of methoxy groups -OCH3 is 2. The van der Waals surface area contributed by atoms with Crippen molar-refractivity contribution in [2.24, 2.45) is 0 Å². The molecule has 0 aromatic heterocycles. The molecule has 12 heteroatoms. The molecule has 0 spiro atoms. The van der Waals surface area contributed by atoms with Crippen molar-refractivity contribution in [3.8, 4) is 11.5 Å². The highest BCUT2D eigenvalue weighted by atomic mass is 32.2. The third kappa shape index (κ3) is 8.91. The van der Waals surface area contributed by atoms with E-state index in [2.05, 4.69) is 16.0 Å². The van der Waals surface area contributed by atoms with E-state index in [1.54, 1.807) is 79.7 Å². The molecule has 4 aromatic carbocycles. The molecule has 0 radical (unpaired) electrons. The number of alkyl halides is 3. The van der Waals surface area contributed by atoms with Gasteiger partial charge in [-0.05, 0) is 73.7 Å². The van der Waals surface area contributed by atoms with Crippen LogP contribution in [0.15, 0.2) is 108 Å². The number of hydrogen-bond acceptors (Lipinski definition) is 6. The van der Waals surface area contributed by atoms with E-state index in [4.69, 9.17) is 9.47 Å². The van der Waals surface area contributed by atoms with Crippen LogP contribution in [-0.2, 0) is 15.8 Å². The molecule has 0 heterocycles. The molecule has 238 valence electrons. The van der Waals surface area contributed by atoms with Crippen LogP contribution in [0.1, 0.15) is 28.4 Å². The first kappa shape index (κ1) is 33.7. The highest BCUT2D eigenvalue weighted by molar-refractivity contribution is 8.00. The lowest BCUT2D eigenvalue weighted by Crippen LogP contribution is -2.30. The summed E-state index contributed by atoms with van der Waals surface area (Å²) in [5.74, 6) is -0.761. The molecule has 0 saturated heterocycles. The van der Waals surface area contributed by atoms with Gasteiger partial charge in [-0.25, -0.2) is 0 Å². The lowest BCUT2D eigenvalue weighted by atomic mass is 10.1. The summed E-state index contributed by atoms with van der Waals surface area (Å²) in [6, 6.07) is 24.6. The summed E-state index contributed by atoms with van der Waals surface area (Å²) < 4.78 is 49.9. The Balaban J connectivity index is 1.47. The maximum absolute atomic E-state index is 13.5. The second-order valence-electron chi connectivity index (χ2n) is 9.77. The Labute approximate surface area is 268 Å². The predicted octanol–water partition coefficient (Wildman–Crippen LogP) is 7.25. The molecule has 0 aliphatic carbocycles. The first-order chi connectivity index (χ1) is 22.0. The SMILES string of the molecule is COc1cccc(/C=C(\NC(=O)c2ccccc2)C(=O)Nc2ccc(SC(C)C(=O)Nc3cccc(C(F)(F)F)c3)cc2)c1OC. The molecule has 4 aromatic rings. The van der Waals surface area contributed by atoms with Gasteiger partial charge in [-0.1, -0.05) is 36.4 Å². The van der Waals surface area contributed by atoms with Gasteiger partial charge in [0.05, 0.1) is 25.0 Å². The number of nitrogens with one attached hydrogen (secondary N) is 3. The molecule has 4 rings (SSSR count). The lowest BCUT2D eigenvalue weighted by molar-refractivity contribution is -0.137. The van der Waals surface area contributed by atoms with E-state index >= 15 is 0 Å². The quantitative estimate of drug-likeness (QED) is 0.117. The van der Waals surface area contributed by atoms with Crippen molar-refractivity contribution in [2.45, 2.75) is 23.2 Å². The maximum atomic E-state index is 13.5. The van der Waals surface area contributed by atoms with Crippen LogP contribution in [0, 0.1) is 0 Å². The molecule has 0 fully saturated rings. The van der Waals surface area contributed by atoms with Crippen molar-refractivity contribution in [3.63, 3.8) is 0 Å². The number of anilines is 2. The monoisotopic (exact) mass is 649 g/mol. The lowest BCUT2D eigenvalue weighted by Gasteiger charge is -2.15. The molecule has 1 unspecified atom stereocenters. The number of ether oxygens (including phenoxy) is 2. The van der Waals surface area contributed by atoms with E-state index < -0.39 is 34.7 Å². The van der Waals surface area contributed by atoms with Gasteiger partial charge in [0.25, 0.3) is 11.8 Å². The number of rotatable bonds is 11. The number of carbonyl (C=O) groups is 3. The molecule has 8 nitrogen and oxygen atoms in total. The smallest absolute Gasteiger partial charge is 0.416 e. The third-order valence-corrected chi connectivity index (χ3v) is 7.63. The normalized spacial score (nSPS) is 12.1. The maximum Gasteiger partial charge on any atom is 0.416 e. The molecular formula is C34H30F3N3O5S. The molecule has 3 amide bonds. The second kappa shape index (κ2) is 15.2. The number of thioether (sulfide) groups is 1. The summed E-state index contributed by atoms with van der Waals surface area (Å²) in [6.07, 6.45) is -3.04. The molecule has 1 atom stereocenters. The molecule has 46 heavy (non-hydrogen) atoms. The number of halogens is 3. The predicted molar refractivity (Wildman–Crippen MR) is 172 cm³/mol. The Morgan fingerprint density at radius 3 is 2.15 bits per heavy atom. The van der Waals surface area contributed by atoms with Crippen LogP contribution >= 0.6 is 11.8 Å². The average molecular weight is 650 g/mol. The molecule has 0 saturated carbocycles. The van der Waals surface area contributed by atoms with Crippen molar-refractivity contribution < 1.29 is 37.0 Å². The zero-order chi connectivity index (χ0) is 33.3. The largest absolute Gasteiger partial charge is 0.493 e. The Kier molecular flexibility index (Phi) is 11.1. The molecule has 0 aliphatic rings. The van der Waals surface area contributed by atoms with E-state index in [-0.39, 0.29) is 11.4 Å². The van der Waals surface area contributed by atoms with Gasteiger partial charge in [0.2, 0.25) is 5.91 Å². The summed E-state index contributed by atoms with van der Waals surface area (Å²) in [4.78, 5) is 39.8. The first-order valence-corrected chi connectivity index (χ1v) is 14.7. The summed E-state index contributed by atoms with van der Waals surface area (Å²) in [7, 11) is 2.95. The van der Waals surface area contributed by atoms with E-state index in [0.717, 1.165) is 12.1 Å². The fourth-order valence-corrected chi connectivity index (χ4v) is 5.08. The minimum Gasteiger partial charge on any atom is -0.493 e. The van der Waals surface area contributed by atoms with Crippen molar-refractivity contribution in [1.82, 2.24) is 5.32 Å². The number of para-hydroxylation sites is 1. The summed E-state index contributed by atoms with van der Waals surface area (Å²) >= 11 is 1.19. The zero-order valence-corrected chi connectivity index (χ0v) is 25.8. The minimum absolute atomic E-state index is 0.0418. The van der Waals surface area contributed by atoms with Gasteiger partial charge in [-0.15, -0.1) is 11.8 Å². The van der Waals surface area contributed by atoms with Crippen molar-refractivity contribution >= 4 is 46.9 Å². The Morgan fingerprint density at radius 1 is 0.804 bits per heavy atom. The van der Waals surface area contributed by atoms with Crippen molar-refractivity contribution in [2.75, 3.05) is 24.9 Å². The minimum atomic E-state index is -4.52. The van der Waals surface area contributed by atoms with Gasteiger partial charge in [0, 0.05) is 27.4 Å². The van der Waals surface area contributed by atoms with E-state index in [9.17, 15) is 27.6 Å². The topological polar surface area (TPSA) is 106 Å². The van der Waals surface area contributed by atoms with Crippen molar-refractivity contribution in [3.05, 3.63) is 119 Å². The van der Waals surface area contributed by atoms with Crippen LogP contribution in [0.3, 0.4) is 0 Å². The number of hydrogen-bond donors (Lipinski definition) is 3. The summed E-state index contributed by atoms with van der Waals surface area (Å²) in [5, 5.41) is 7.31. The van der Waals surface area contributed by atoms with Gasteiger partial charge in [0.15, 0.2) is 11.5 Å². The highest BCUT2D eigenvalue weighted by Crippen LogP contribution is 2.33. The first-order valence-electron chi connectivity index (χ1n) is 13.8. The standard InChI is InChI=1S/C34H30F3N3O5S/c1-21(31(41)39-26-13-8-12-24(20-26)34(35,36)37)46-27-17-15-25(16-18-27)38-33(43)28(40-32(42)22-9-5-4-6-10-22)19-23-11-7-14-29(44-2)30(23)45-3/h4-21H,1-3H3,(H,38,43)(H,39,41)(H,40,42)/b28-19-. The average Bonchev–Trinajstić information content (AvgIpc) is 3.05. The highest BCUT2D eigenvalue weighted by Gasteiger charge is 2.30. The van der Waals surface area contributed by atoms with Gasteiger partial charge >= 0.3 is 6.18 Å². The molecule has 3 N–H and O–H groups in total. The zero-order valence-electron chi connectivity index (χ0n) is 25.0. The second-order valence-corrected chi connectivity index (χ2v) is 11.2. The van der Waals surface area contributed by atoms with E-state index in [1.807, 2.05) is 0 Å². The van der Waals surface area contributed by atoms with Crippen LogP contribution in [0.25, 0.3) is 6.08 Å². The summed E-state index contributed by atoms with van der Waals surface area (Å²) in [5.41, 5.74) is 0.381. The van der Waals surface area contributed by atoms with Crippen LogP contribution in [0.2, 0.25) is 0 Å². The van der Waals surface area contributed by atoms with Gasteiger partial charge < -0.3 is 25.4 Å². The number of carbonyl (C=O) groups excluding carboxylic acids is 3. The van der Waals surface area contributed by atoms with Crippen LogP contribution < -0.4 is 25.4 Å².